The summed E-state index contributed by atoms with van der Waals surface area (Å²) in [5, 5.41) is 0. The first-order chi connectivity index (χ1) is 12.8. The lowest BCUT2D eigenvalue weighted by Crippen LogP contribution is -2.23. The van der Waals surface area contributed by atoms with Crippen LogP contribution in [-0.4, -0.2) is 12.1 Å². The molecule has 1 aliphatic heterocycles. The van der Waals surface area contributed by atoms with Crippen molar-refractivity contribution in [2.45, 2.75) is 148 Å². The van der Waals surface area contributed by atoms with Gasteiger partial charge in [0.2, 0.25) is 0 Å². The third kappa shape index (κ3) is 14.6. The van der Waals surface area contributed by atoms with Crippen LogP contribution in [0.1, 0.15) is 142 Å². The predicted octanol–water partition coefficient (Wildman–Crippen LogP) is 8.12. The molecule has 1 fully saturated rings. The monoisotopic (exact) mass is 366 g/mol. The fourth-order valence-electron chi connectivity index (χ4n) is 4.08. The van der Waals surface area contributed by atoms with Crippen LogP contribution in [-0.2, 0) is 9.53 Å². The molecular weight excluding hydrogens is 320 g/mol. The van der Waals surface area contributed by atoms with Gasteiger partial charge in [0.25, 0.3) is 0 Å². The summed E-state index contributed by atoms with van der Waals surface area (Å²) in [5.41, 5.74) is 0. The number of carbonyl (C=O) groups is 1. The van der Waals surface area contributed by atoms with Gasteiger partial charge in [-0.05, 0) is 25.7 Å². The number of hydrogen-bond donors (Lipinski definition) is 0. The lowest BCUT2D eigenvalue weighted by atomic mass is 10.0. The summed E-state index contributed by atoms with van der Waals surface area (Å²) in [4.78, 5) is 11.2. The van der Waals surface area contributed by atoms with E-state index in [2.05, 4.69) is 6.92 Å². The van der Waals surface area contributed by atoms with Crippen molar-refractivity contribution >= 4 is 5.97 Å². The smallest absolute Gasteiger partial charge is 0.306 e. The maximum atomic E-state index is 11.2. The molecule has 26 heavy (non-hydrogen) atoms. The molecule has 154 valence electrons. The summed E-state index contributed by atoms with van der Waals surface area (Å²) in [6.07, 6.45) is 28.1. The molecule has 0 aliphatic carbocycles. The average molecular weight is 367 g/mol. The zero-order valence-electron chi connectivity index (χ0n) is 17.7. The lowest BCUT2D eigenvalue weighted by Gasteiger charge is -2.21. The molecule has 0 spiro atoms. The largest absolute Gasteiger partial charge is 0.462 e. The summed E-state index contributed by atoms with van der Waals surface area (Å²) in [5.74, 6) is 0.0215. The van der Waals surface area contributed by atoms with Gasteiger partial charge in [-0.3, -0.25) is 4.79 Å². The Bertz CT molecular complexity index is 313. The van der Waals surface area contributed by atoms with Gasteiger partial charge in [0, 0.05) is 6.42 Å². The minimum atomic E-state index is 0.0215. The Morgan fingerprint density at radius 2 is 1.12 bits per heavy atom. The highest BCUT2D eigenvalue weighted by atomic mass is 16.5. The second kappa shape index (κ2) is 17.9. The molecule has 0 bridgehead atoms. The molecule has 1 rings (SSSR count). The van der Waals surface area contributed by atoms with Crippen LogP contribution in [0.15, 0.2) is 0 Å². The molecule has 0 N–H and O–H groups in total. The van der Waals surface area contributed by atoms with Crippen molar-refractivity contribution in [2.24, 2.45) is 0 Å². The fourth-order valence-corrected chi connectivity index (χ4v) is 4.08. The van der Waals surface area contributed by atoms with E-state index in [9.17, 15) is 4.79 Å². The Morgan fingerprint density at radius 3 is 1.54 bits per heavy atom. The summed E-state index contributed by atoms with van der Waals surface area (Å²) < 4.78 is 5.38. The van der Waals surface area contributed by atoms with Gasteiger partial charge in [0.15, 0.2) is 0 Å². The molecule has 1 saturated heterocycles. The average Bonchev–Trinajstić information content (AvgIpc) is 2.64. The molecule has 1 atom stereocenters. The summed E-state index contributed by atoms with van der Waals surface area (Å²) in [6, 6.07) is 0. The van der Waals surface area contributed by atoms with Crippen molar-refractivity contribution in [1.29, 1.82) is 0 Å². The van der Waals surface area contributed by atoms with Crippen LogP contribution in [0.2, 0.25) is 0 Å². The maximum absolute atomic E-state index is 11.2. The van der Waals surface area contributed by atoms with Gasteiger partial charge >= 0.3 is 5.97 Å². The van der Waals surface area contributed by atoms with Crippen LogP contribution in [0.25, 0.3) is 0 Å². The Hall–Kier alpha value is -0.530. The Labute approximate surface area is 163 Å². The van der Waals surface area contributed by atoms with Gasteiger partial charge in [0.1, 0.15) is 6.10 Å². The molecular formula is C24H46O2. The fraction of sp³-hybridized carbons (Fsp3) is 0.958. The van der Waals surface area contributed by atoms with E-state index in [0.717, 1.165) is 19.3 Å². The van der Waals surface area contributed by atoms with E-state index in [1.54, 1.807) is 0 Å². The van der Waals surface area contributed by atoms with Gasteiger partial charge in [-0.2, -0.15) is 0 Å². The molecule has 2 heteroatoms. The van der Waals surface area contributed by atoms with Gasteiger partial charge in [0.05, 0.1) is 0 Å². The highest BCUT2D eigenvalue weighted by Crippen LogP contribution is 2.20. The summed E-state index contributed by atoms with van der Waals surface area (Å²) >= 11 is 0. The van der Waals surface area contributed by atoms with E-state index < -0.39 is 0 Å². The third-order valence-corrected chi connectivity index (χ3v) is 5.83. The quantitative estimate of drug-likeness (QED) is 0.181. The summed E-state index contributed by atoms with van der Waals surface area (Å²) in [6.45, 7) is 2.29. The number of hydrogen-bond acceptors (Lipinski definition) is 2. The predicted molar refractivity (Wildman–Crippen MR) is 113 cm³/mol. The van der Waals surface area contributed by atoms with Crippen LogP contribution in [0.3, 0.4) is 0 Å². The Morgan fingerprint density at radius 1 is 0.692 bits per heavy atom. The second-order valence-electron chi connectivity index (χ2n) is 8.45. The maximum Gasteiger partial charge on any atom is 0.306 e. The van der Waals surface area contributed by atoms with E-state index in [-0.39, 0.29) is 12.1 Å². The topological polar surface area (TPSA) is 26.3 Å². The molecule has 2 nitrogen and oxygen atoms in total. The van der Waals surface area contributed by atoms with Crippen LogP contribution in [0.4, 0.5) is 0 Å². The number of carbonyl (C=O) groups excluding carboxylic acids is 1. The van der Waals surface area contributed by atoms with Crippen LogP contribution < -0.4 is 0 Å². The first kappa shape index (κ1) is 23.5. The first-order valence-corrected chi connectivity index (χ1v) is 12.0. The molecule has 0 radical (unpaired) electrons. The van der Waals surface area contributed by atoms with Crippen LogP contribution in [0, 0.1) is 0 Å². The molecule has 0 aromatic rings. The molecule has 0 aromatic heterocycles. The third-order valence-electron chi connectivity index (χ3n) is 5.83. The van der Waals surface area contributed by atoms with Crippen molar-refractivity contribution in [2.75, 3.05) is 0 Å². The van der Waals surface area contributed by atoms with Crippen molar-refractivity contribution in [1.82, 2.24) is 0 Å². The molecule has 0 aromatic carbocycles. The van der Waals surface area contributed by atoms with E-state index in [4.69, 9.17) is 4.74 Å². The van der Waals surface area contributed by atoms with Gasteiger partial charge < -0.3 is 4.74 Å². The van der Waals surface area contributed by atoms with Gasteiger partial charge in [-0.1, -0.05) is 110 Å². The van der Waals surface area contributed by atoms with Gasteiger partial charge in [-0.25, -0.2) is 0 Å². The van der Waals surface area contributed by atoms with Crippen molar-refractivity contribution in [3.8, 4) is 0 Å². The minimum Gasteiger partial charge on any atom is -0.462 e. The second-order valence-corrected chi connectivity index (χ2v) is 8.45. The van der Waals surface area contributed by atoms with E-state index in [1.807, 2.05) is 0 Å². The first-order valence-electron chi connectivity index (χ1n) is 12.0. The number of rotatable bonds is 18. The van der Waals surface area contributed by atoms with E-state index >= 15 is 0 Å². The number of unbranched alkanes of at least 4 members (excludes halogenated alkanes) is 16. The van der Waals surface area contributed by atoms with Crippen LogP contribution >= 0.6 is 0 Å². The number of ether oxygens (including phenoxy) is 1. The van der Waals surface area contributed by atoms with E-state index in [0.29, 0.717) is 6.42 Å². The highest BCUT2D eigenvalue weighted by Gasteiger charge is 2.19. The molecule has 1 heterocycles. The highest BCUT2D eigenvalue weighted by molar-refractivity contribution is 5.70. The van der Waals surface area contributed by atoms with E-state index in [1.165, 1.54) is 109 Å². The Balaban J connectivity index is 1.69. The normalized spacial score (nSPS) is 17.4. The van der Waals surface area contributed by atoms with Crippen molar-refractivity contribution in [3.05, 3.63) is 0 Å². The number of cyclic esters (lactones) is 1. The standard InChI is InChI=1S/C24H46O2/c1-2-3-4-5-6-7-8-9-10-11-12-13-14-15-16-17-18-20-23-21-19-22-24(25)26-23/h23H,2-22H2,1H3/t23-/m0/s1. The van der Waals surface area contributed by atoms with Gasteiger partial charge in [-0.15, -0.1) is 0 Å². The molecule has 0 unspecified atom stereocenters. The minimum absolute atomic E-state index is 0.0215. The summed E-state index contributed by atoms with van der Waals surface area (Å²) in [7, 11) is 0. The molecule has 0 saturated carbocycles. The van der Waals surface area contributed by atoms with Crippen molar-refractivity contribution in [3.63, 3.8) is 0 Å². The number of esters is 1. The lowest BCUT2D eigenvalue weighted by molar-refractivity contribution is -0.154. The Kier molecular flexibility index (Phi) is 16.2. The zero-order chi connectivity index (χ0) is 18.7. The zero-order valence-corrected chi connectivity index (χ0v) is 17.7. The SMILES string of the molecule is CCCCCCCCCCCCCCCCCCC[C@H]1CCCC(=O)O1. The van der Waals surface area contributed by atoms with Crippen LogP contribution in [0.5, 0.6) is 0 Å². The van der Waals surface area contributed by atoms with Crippen molar-refractivity contribution < 1.29 is 9.53 Å². The molecule has 1 aliphatic rings. The molecule has 0 amide bonds.